The van der Waals surface area contributed by atoms with Crippen molar-refractivity contribution in [1.29, 1.82) is 0 Å². The van der Waals surface area contributed by atoms with Crippen LogP contribution in [0.2, 0.25) is 0 Å². The summed E-state index contributed by atoms with van der Waals surface area (Å²) in [6.07, 6.45) is 0. The summed E-state index contributed by atoms with van der Waals surface area (Å²) in [7, 11) is -3.77. The van der Waals surface area contributed by atoms with E-state index in [-0.39, 0.29) is 10.7 Å². The number of hydrogen-bond acceptors (Lipinski definition) is 3. The molecule has 0 aliphatic carbocycles. The van der Waals surface area contributed by atoms with E-state index in [0.29, 0.717) is 23.1 Å². The predicted octanol–water partition coefficient (Wildman–Crippen LogP) is 4.24. The second-order valence-corrected chi connectivity index (χ2v) is 8.07. The van der Waals surface area contributed by atoms with E-state index in [1.807, 2.05) is 26.0 Å². The van der Waals surface area contributed by atoms with Crippen LogP contribution in [0.5, 0.6) is 0 Å². The molecule has 2 aromatic carbocycles. The third kappa shape index (κ3) is 3.77. The number of aromatic nitrogens is 2. The van der Waals surface area contributed by atoms with Crippen molar-refractivity contribution < 1.29 is 12.8 Å². The summed E-state index contributed by atoms with van der Waals surface area (Å²) in [5.74, 6) is 0.245. The number of benzene rings is 2. The fourth-order valence-corrected chi connectivity index (χ4v) is 3.61. The Kier molecular flexibility index (Phi) is 4.82. The van der Waals surface area contributed by atoms with Crippen LogP contribution < -0.4 is 4.72 Å². The molecule has 0 unspecified atom stereocenters. The lowest BCUT2D eigenvalue weighted by Crippen LogP contribution is -2.16. The molecule has 26 heavy (non-hydrogen) atoms. The largest absolute Gasteiger partial charge is 0.263 e. The van der Waals surface area contributed by atoms with Crippen LogP contribution in [0.3, 0.4) is 0 Å². The van der Waals surface area contributed by atoms with Gasteiger partial charge in [-0.3, -0.25) is 4.72 Å². The van der Waals surface area contributed by atoms with E-state index >= 15 is 0 Å². The van der Waals surface area contributed by atoms with Crippen molar-refractivity contribution in [1.82, 2.24) is 9.78 Å². The highest BCUT2D eigenvalue weighted by molar-refractivity contribution is 7.92. The fraction of sp³-hybridized carbons (Fsp3) is 0.211. The third-order valence-corrected chi connectivity index (χ3v) is 5.37. The van der Waals surface area contributed by atoms with Crippen molar-refractivity contribution in [3.63, 3.8) is 0 Å². The predicted molar refractivity (Wildman–Crippen MR) is 99.6 cm³/mol. The zero-order chi connectivity index (χ0) is 18.9. The van der Waals surface area contributed by atoms with Crippen LogP contribution in [-0.2, 0) is 10.0 Å². The number of aryl methyl sites for hydroxylation is 1. The highest BCUT2D eigenvalue weighted by Crippen LogP contribution is 2.22. The molecule has 0 saturated heterocycles. The Bertz CT molecular complexity index is 1010. The Labute approximate surface area is 152 Å². The van der Waals surface area contributed by atoms with E-state index in [4.69, 9.17) is 0 Å². The van der Waals surface area contributed by atoms with Gasteiger partial charge >= 0.3 is 0 Å². The number of hydrogen-bond donors (Lipinski definition) is 1. The zero-order valence-corrected chi connectivity index (χ0v) is 15.6. The molecule has 1 aromatic heterocycles. The first kappa shape index (κ1) is 18.1. The van der Waals surface area contributed by atoms with Gasteiger partial charge in [-0.05, 0) is 54.8 Å². The first-order chi connectivity index (χ1) is 12.3. The van der Waals surface area contributed by atoms with Crippen molar-refractivity contribution in [3.05, 3.63) is 71.7 Å². The number of nitrogens with zero attached hydrogens (tertiary/aromatic N) is 2. The van der Waals surface area contributed by atoms with Crippen molar-refractivity contribution >= 4 is 15.8 Å². The standard InChI is InChI=1S/C19H20FN3O2S/c1-13(2)15-4-10-18(11-5-15)26(24,25)22-19-12-14(3)21-23(19)17-8-6-16(20)7-9-17/h4-13,22H,1-3H3. The fourth-order valence-electron chi connectivity index (χ4n) is 2.58. The summed E-state index contributed by atoms with van der Waals surface area (Å²) < 4.78 is 42.6. The van der Waals surface area contributed by atoms with E-state index < -0.39 is 10.0 Å². The van der Waals surface area contributed by atoms with E-state index in [1.54, 1.807) is 25.1 Å². The summed E-state index contributed by atoms with van der Waals surface area (Å²) in [4.78, 5) is 0.173. The molecule has 0 bridgehead atoms. The van der Waals surface area contributed by atoms with Gasteiger partial charge in [0.15, 0.2) is 0 Å². The minimum atomic E-state index is -3.77. The molecule has 1 heterocycles. The summed E-state index contributed by atoms with van der Waals surface area (Å²) in [5.41, 5.74) is 2.27. The smallest absolute Gasteiger partial charge is 0.263 e. The van der Waals surface area contributed by atoms with Gasteiger partial charge in [-0.1, -0.05) is 26.0 Å². The topological polar surface area (TPSA) is 64.0 Å². The van der Waals surface area contributed by atoms with E-state index in [2.05, 4.69) is 9.82 Å². The summed E-state index contributed by atoms with van der Waals surface area (Å²) in [5, 5.41) is 4.29. The minimum Gasteiger partial charge on any atom is -0.263 e. The summed E-state index contributed by atoms with van der Waals surface area (Å²) >= 11 is 0. The van der Waals surface area contributed by atoms with Crippen LogP contribution in [0.4, 0.5) is 10.2 Å². The molecule has 0 atom stereocenters. The SMILES string of the molecule is Cc1cc(NS(=O)(=O)c2ccc(C(C)C)cc2)n(-c2ccc(F)cc2)n1. The first-order valence-electron chi connectivity index (χ1n) is 8.21. The van der Waals surface area contributed by atoms with E-state index in [9.17, 15) is 12.8 Å². The lowest BCUT2D eigenvalue weighted by Gasteiger charge is -2.12. The first-order valence-corrected chi connectivity index (χ1v) is 9.70. The van der Waals surface area contributed by atoms with Crippen LogP contribution in [0, 0.1) is 12.7 Å². The molecular weight excluding hydrogens is 353 g/mol. The van der Waals surface area contributed by atoms with Gasteiger partial charge in [-0.25, -0.2) is 17.5 Å². The maximum absolute atomic E-state index is 13.1. The molecular formula is C19H20FN3O2S. The van der Waals surface area contributed by atoms with Gasteiger partial charge in [-0.15, -0.1) is 0 Å². The third-order valence-electron chi connectivity index (χ3n) is 4.00. The van der Waals surface area contributed by atoms with E-state index in [0.717, 1.165) is 5.56 Å². The molecule has 0 fully saturated rings. The Morgan fingerprint density at radius 2 is 1.65 bits per heavy atom. The maximum atomic E-state index is 13.1. The Morgan fingerprint density at radius 3 is 2.23 bits per heavy atom. The zero-order valence-electron chi connectivity index (χ0n) is 14.8. The molecule has 0 aliphatic heterocycles. The number of halogens is 1. The van der Waals surface area contributed by atoms with Gasteiger partial charge in [0.25, 0.3) is 10.0 Å². The molecule has 0 spiro atoms. The number of nitrogens with one attached hydrogen (secondary N) is 1. The van der Waals surface area contributed by atoms with Crippen LogP contribution in [0.25, 0.3) is 5.69 Å². The molecule has 3 aromatic rings. The van der Waals surface area contributed by atoms with Gasteiger partial charge in [-0.2, -0.15) is 5.10 Å². The summed E-state index contributed by atoms with van der Waals surface area (Å²) in [6.45, 7) is 5.85. The quantitative estimate of drug-likeness (QED) is 0.727. The molecule has 0 amide bonds. The molecule has 0 radical (unpaired) electrons. The number of rotatable bonds is 5. The Balaban J connectivity index is 1.94. The lowest BCUT2D eigenvalue weighted by atomic mass is 10.0. The van der Waals surface area contributed by atoms with Crippen LogP contribution >= 0.6 is 0 Å². The number of sulfonamides is 1. The van der Waals surface area contributed by atoms with Gasteiger partial charge in [0.05, 0.1) is 16.3 Å². The molecule has 0 aliphatic rings. The van der Waals surface area contributed by atoms with Gasteiger partial charge in [0.1, 0.15) is 11.6 Å². The molecule has 3 rings (SSSR count). The highest BCUT2D eigenvalue weighted by Gasteiger charge is 2.18. The normalized spacial score (nSPS) is 11.7. The molecule has 0 saturated carbocycles. The summed E-state index contributed by atoms with van der Waals surface area (Å²) in [6, 6.07) is 14.1. The Morgan fingerprint density at radius 1 is 1.04 bits per heavy atom. The molecule has 1 N–H and O–H groups in total. The van der Waals surface area contributed by atoms with Crippen molar-refractivity contribution in [2.45, 2.75) is 31.6 Å². The van der Waals surface area contributed by atoms with Crippen LogP contribution in [-0.4, -0.2) is 18.2 Å². The van der Waals surface area contributed by atoms with Crippen molar-refractivity contribution in [2.75, 3.05) is 4.72 Å². The molecule has 5 nitrogen and oxygen atoms in total. The van der Waals surface area contributed by atoms with Crippen molar-refractivity contribution in [2.24, 2.45) is 0 Å². The number of anilines is 1. The van der Waals surface area contributed by atoms with E-state index in [1.165, 1.54) is 28.9 Å². The maximum Gasteiger partial charge on any atom is 0.263 e. The highest BCUT2D eigenvalue weighted by atomic mass is 32.2. The molecule has 7 heteroatoms. The van der Waals surface area contributed by atoms with Gasteiger partial charge in [0.2, 0.25) is 0 Å². The Hall–Kier alpha value is -2.67. The molecule has 136 valence electrons. The van der Waals surface area contributed by atoms with Gasteiger partial charge in [0, 0.05) is 6.07 Å². The second kappa shape index (κ2) is 6.92. The average Bonchev–Trinajstić information content (AvgIpc) is 2.95. The monoisotopic (exact) mass is 373 g/mol. The van der Waals surface area contributed by atoms with Crippen LogP contribution in [0.15, 0.2) is 59.5 Å². The lowest BCUT2D eigenvalue weighted by molar-refractivity contribution is 0.600. The second-order valence-electron chi connectivity index (χ2n) is 6.39. The van der Waals surface area contributed by atoms with Crippen LogP contribution in [0.1, 0.15) is 31.0 Å². The minimum absolute atomic E-state index is 0.173. The van der Waals surface area contributed by atoms with Gasteiger partial charge < -0.3 is 0 Å². The average molecular weight is 373 g/mol. The van der Waals surface area contributed by atoms with Crippen molar-refractivity contribution in [3.8, 4) is 5.69 Å².